The highest BCUT2D eigenvalue weighted by atomic mass is 16.5. The van der Waals surface area contributed by atoms with E-state index in [1.165, 1.54) is 41.5 Å². The minimum atomic E-state index is 0.290. The van der Waals surface area contributed by atoms with Gasteiger partial charge in [0.05, 0.1) is 6.10 Å². The third-order valence-electron chi connectivity index (χ3n) is 4.35. The second-order valence-corrected chi connectivity index (χ2v) is 6.17. The molecule has 1 aliphatic heterocycles. The standard InChI is InChI=1S/C17H28N2O/c1-12-8-13(2)17(14(3)9-12)11-15(19-18)10-16-6-4-5-7-20-16/h8-9,15-16,19H,4-7,10-11,18H2,1-3H3. The summed E-state index contributed by atoms with van der Waals surface area (Å²) in [5.41, 5.74) is 8.48. The van der Waals surface area contributed by atoms with Gasteiger partial charge in [-0.15, -0.1) is 0 Å². The summed E-state index contributed by atoms with van der Waals surface area (Å²) in [6, 6.07) is 4.80. The van der Waals surface area contributed by atoms with Crippen molar-refractivity contribution >= 4 is 0 Å². The van der Waals surface area contributed by atoms with Crippen LogP contribution in [0.5, 0.6) is 0 Å². The Bertz CT molecular complexity index is 416. The Morgan fingerprint density at radius 1 is 1.25 bits per heavy atom. The van der Waals surface area contributed by atoms with Gasteiger partial charge in [0.1, 0.15) is 0 Å². The summed E-state index contributed by atoms with van der Waals surface area (Å²) >= 11 is 0. The second kappa shape index (κ2) is 7.21. The minimum absolute atomic E-state index is 0.290. The fraction of sp³-hybridized carbons (Fsp3) is 0.647. The largest absolute Gasteiger partial charge is 0.378 e. The number of rotatable bonds is 5. The van der Waals surface area contributed by atoms with Crippen LogP contribution < -0.4 is 11.3 Å². The molecule has 0 bridgehead atoms. The van der Waals surface area contributed by atoms with Crippen molar-refractivity contribution in [1.82, 2.24) is 5.43 Å². The average molecular weight is 276 g/mol. The predicted octanol–water partition coefficient (Wildman–Crippen LogP) is 2.95. The van der Waals surface area contributed by atoms with Crippen LogP contribution in [0.1, 0.15) is 47.9 Å². The van der Waals surface area contributed by atoms with E-state index in [0.717, 1.165) is 19.4 Å². The van der Waals surface area contributed by atoms with Crippen LogP contribution in [-0.4, -0.2) is 18.8 Å². The summed E-state index contributed by atoms with van der Waals surface area (Å²) in [6.07, 6.45) is 6.01. The highest BCUT2D eigenvalue weighted by molar-refractivity contribution is 5.38. The van der Waals surface area contributed by atoms with Crippen molar-refractivity contribution in [3.8, 4) is 0 Å². The molecule has 0 radical (unpaired) electrons. The summed E-state index contributed by atoms with van der Waals surface area (Å²) in [5.74, 6) is 5.76. The lowest BCUT2D eigenvalue weighted by Gasteiger charge is -2.27. The lowest BCUT2D eigenvalue weighted by Crippen LogP contribution is -2.40. The van der Waals surface area contributed by atoms with E-state index in [4.69, 9.17) is 10.6 Å². The number of hydrogen-bond acceptors (Lipinski definition) is 3. The van der Waals surface area contributed by atoms with Crippen LogP contribution >= 0.6 is 0 Å². The molecule has 0 spiro atoms. The van der Waals surface area contributed by atoms with Gasteiger partial charge in [-0.1, -0.05) is 17.7 Å². The van der Waals surface area contributed by atoms with Crippen LogP contribution in [0.25, 0.3) is 0 Å². The van der Waals surface area contributed by atoms with Crippen molar-refractivity contribution < 1.29 is 4.74 Å². The lowest BCUT2D eigenvalue weighted by atomic mass is 9.91. The van der Waals surface area contributed by atoms with Crippen molar-refractivity contribution in [3.63, 3.8) is 0 Å². The second-order valence-electron chi connectivity index (χ2n) is 6.17. The van der Waals surface area contributed by atoms with Crippen LogP contribution in [0.2, 0.25) is 0 Å². The topological polar surface area (TPSA) is 47.3 Å². The lowest BCUT2D eigenvalue weighted by molar-refractivity contribution is 0.00522. The van der Waals surface area contributed by atoms with Gasteiger partial charge in [0.15, 0.2) is 0 Å². The van der Waals surface area contributed by atoms with E-state index in [1.807, 2.05) is 0 Å². The molecule has 1 aliphatic rings. The fourth-order valence-electron chi connectivity index (χ4n) is 3.30. The fourth-order valence-corrected chi connectivity index (χ4v) is 3.30. The molecule has 0 amide bonds. The number of aryl methyl sites for hydroxylation is 3. The van der Waals surface area contributed by atoms with Gasteiger partial charge in [0, 0.05) is 12.6 Å². The number of ether oxygens (including phenoxy) is 1. The van der Waals surface area contributed by atoms with Gasteiger partial charge in [-0.05, 0) is 69.6 Å². The minimum Gasteiger partial charge on any atom is -0.378 e. The van der Waals surface area contributed by atoms with Crippen LogP contribution in [0.4, 0.5) is 0 Å². The first-order valence-corrected chi connectivity index (χ1v) is 7.74. The van der Waals surface area contributed by atoms with Crippen LogP contribution in [0.15, 0.2) is 12.1 Å². The Hall–Kier alpha value is -0.900. The molecule has 2 unspecified atom stereocenters. The Morgan fingerprint density at radius 3 is 2.50 bits per heavy atom. The Kier molecular flexibility index (Phi) is 5.58. The summed E-state index contributed by atoms with van der Waals surface area (Å²) in [7, 11) is 0. The monoisotopic (exact) mass is 276 g/mol. The van der Waals surface area contributed by atoms with Crippen molar-refractivity contribution in [3.05, 3.63) is 34.4 Å². The number of hydrogen-bond donors (Lipinski definition) is 2. The van der Waals surface area contributed by atoms with E-state index >= 15 is 0 Å². The molecular formula is C17H28N2O. The van der Waals surface area contributed by atoms with Gasteiger partial charge in [0.2, 0.25) is 0 Å². The molecule has 112 valence electrons. The first kappa shape index (κ1) is 15.5. The van der Waals surface area contributed by atoms with E-state index in [2.05, 4.69) is 38.3 Å². The zero-order chi connectivity index (χ0) is 14.5. The van der Waals surface area contributed by atoms with Crippen LogP contribution in [0.3, 0.4) is 0 Å². The molecule has 0 saturated carbocycles. The molecule has 2 rings (SSSR count). The zero-order valence-corrected chi connectivity index (χ0v) is 13.0. The van der Waals surface area contributed by atoms with Crippen molar-refractivity contribution in [2.45, 2.75) is 65.0 Å². The Labute approximate surface area is 122 Å². The van der Waals surface area contributed by atoms with Gasteiger partial charge in [-0.3, -0.25) is 11.3 Å². The highest BCUT2D eigenvalue weighted by Crippen LogP contribution is 2.22. The summed E-state index contributed by atoms with van der Waals surface area (Å²) in [6.45, 7) is 7.45. The summed E-state index contributed by atoms with van der Waals surface area (Å²) < 4.78 is 5.83. The average Bonchev–Trinajstić information content (AvgIpc) is 2.42. The first-order valence-electron chi connectivity index (χ1n) is 7.74. The van der Waals surface area contributed by atoms with Gasteiger partial charge in [-0.25, -0.2) is 0 Å². The van der Waals surface area contributed by atoms with E-state index in [9.17, 15) is 0 Å². The molecule has 0 aromatic heterocycles. The maximum atomic E-state index is 5.83. The van der Waals surface area contributed by atoms with Crippen LogP contribution in [0, 0.1) is 20.8 Å². The molecule has 1 fully saturated rings. The van der Waals surface area contributed by atoms with E-state index < -0.39 is 0 Å². The zero-order valence-electron chi connectivity index (χ0n) is 13.0. The number of nitrogens with one attached hydrogen (secondary N) is 1. The molecule has 1 aromatic rings. The SMILES string of the molecule is Cc1cc(C)c(CC(CC2CCCCO2)NN)c(C)c1. The maximum Gasteiger partial charge on any atom is 0.0590 e. The quantitative estimate of drug-likeness (QED) is 0.642. The summed E-state index contributed by atoms with van der Waals surface area (Å²) in [5, 5.41) is 0. The molecular weight excluding hydrogens is 248 g/mol. The molecule has 20 heavy (non-hydrogen) atoms. The van der Waals surface area contributed by atoms with Crippen molar-refractivity contribution in [2.75, 3.05) is 6.61 Å². The molecule has 1 saturated heterocycles. The van der Waals surface area contributed by atoms with E-state index in [1.54, 1.807) is 0 Å². The summed E-state index contributed by atoms with van der Waals surface area (Å²) in [4.78, 5) is 0. The number of hydrazine groups is 1. The van der Waals surface area contributed by atoms with Gasteiger partial charge in [-0.2, -0.15) is 0 Å². The third kappa shape index (κ3) is 4.05. The first-order chi connectivity index (χ1) is 9.60. The predicted molar refractivity (Wildman–Crippen MR) is 83.7 cm³/mol. The molecule has 3 nitrogen and oxygen atoms in total. The Balaban J connectivity index is 2.02. The Morgan fingerprint density at radius 2 is 1.95 bits per heavy atom. The third-order valence-corrected chi connectivity index (χ3v) is 4.35. The molecule has 0 aliphatic carbocycles. The van der Waals surface area contributed by atoms with Crippen molar-refractivity contribution in [1.29, 1.82) is 0 Å². The van der Waals surface area contributed by atoms with Crippen LogP contribution in [-0.2, 0) is 11.2 Å². The van der Waals surface area contributed by atoms with Crippen molar-refractivity contribution in [2.24, 2.45) is 5.84 Å². The van der Waals surface area contributed by atoms with E-state index in [0.29, 0.717) is 12.1 Å². The molecule has 2 atom stereocenters. The van der Waals surface area contributed by atoms with Gasteiger partial charge in [0.25, 0.3) is 0 Å². The normalized spacial score (nSPS) is 20.9. The van der Waals surface area contributed by atoms with E-state index in [-0.39, 0.29) is 0 Å². The van der Waals surface area contributed by atoms with Gasteiger partial charge < -0.3 is 4.74 Å². The molecule has 3 N–H and O–H groups in total. The molecule has 3 heteroatoms. The number of benzene rings is 1. The maximum absolute atomic E-state index is 5.83. The molecule has 1 aromatic carbocycles. The highest BCUT2D eigenvalue weighted by Gasteiger charge is 2.20. The van der Waals surface area contributed by atoms with Gasteiger partial charge >= 0.3 is 0 Å². The number of nitrogens with two attached hydrogens (primary N) is 1. The molecule has 1 heterocycles. The smallest absolute Gasteiger partial charge is 0.0590 e.